The quantitative estimate of drug-likeness (QED) is 0.638. The summed E-state index contributed by atoms with van der Waals surface area (Å²) in [5.74, 6) is 0.774. The molecule has 0 amide bonds. The van der Waals surface area contributed by atoms with Gasteiger partial charge in [0.25, 0.3) is 0 Å². The summed E-state index contributed by atoms with van der Waals surface area (Å²) < 4.78 is 0. The molecule has 0 aromatic rings. The second-order valence-electron chi connectivity index (χ2n) is 5.13. The van der Waals surface area contributed by atoms with Gasteiger partial charge < -0.3 is 0 Å². The standard InChI is InChI=1S/C12H16O2/c1-7-10(8-4-5-8)9(13)6-12(2,3)11(7)14/h8H,4-6H2,1-3H3. The first-order valence-corrected chi connectivity index (χ1v) is 5.22. The molecule has 0 heterocycles. The Morgan fingerprint density at radius 3 is 2.29 bits per heavy atom. The van der Waals surface area contributed by atoms with Crippen LogP contribution in [-0.4, -0.2) is 11.6 Å². The molecule has 0 radical (unpaired) electrons. The lowest BCUT2D eigenvalue weighted by molar-refractivity contribution is -0.130. The molecule has 0 N–H and O–H groups in total. The molecule has 14 heavy (non-hydrogen) atoms. The first kappa shape index (κ1) is 9.63. The highest BCUT2D eigenvalue weighted by atomic mass is 16.1. The summed E-state index contributed by atoms with van der Waals surface area (Å²) in [6.45, 7) is 5.54. The molecular weight excluding hydrogens is 176 g/mol. The fraction of sp³-hybridized carbons (Fsp3) is 0.667. The largest absolute Gasteiger partial charge is 0.294 e. The van der Waals surface area contributed by atoms with Crippen molar-refractivity contribution in [3.8, 4) is 0 Å². The molecule has 1 saturated carbocycles. The van der Waals surface area contributed by atoms with Crippen LogP contribution in [-0.2, 0) is 9.59 Å². The van der Waals surface area contributed by atoms with E-state index in [4.69, 9.17) is 0 Å². The van der Waals surface area contributed by atoms with Gasteiger partial charge in [-0.2, -0.15) is 0 Å². The van der Waals surface area contributed by atoms with Gasteiger partial charge in [-0.1, -0.05) is 13.8 Å². The molecule has 0 bridgehead atoms. The maximum absolute atomic E-state index is 11.9. The van der Waals surface area contributed by atoms with Gasteiger partial charge in [0.05, 0.1) is 0 Å². The van der Waals surface area contributed by atoms with Gasteiger partial charge in [-0.15, -0.1) is 0 Å². The predicted molar refractivity (Wildman–Crippen MR) is 53.8 cm³/mol. The van der Waals surface area contributed by atoms with Crippen molar-refractivity contribution in [2.45, 2.75) is 40.0 Å². The van der Waals surface area contributed by atoms with Crippen molar-refractivity contribution < 1.29 is 9.59 Å². The third kappa shape index (κ3) is 1.33. The van der Waals surface area contributed by atoms with E-state index >= 15 is 0 Å². The Morgan fingerprint density at radius 2 is 1.79 bits per heavy atom. The molecule has 0 aromatic heterocycles. The van der Waals surface area contributed by atoms with Gasteiger partial charge >= 0.3 is 0 Å². The maximum Gasteiger partial charge on any atom is 0.165 e. The normalized spacial score (nSPS) is 27.1. The van der Waals surface area contributed by atoms with Gasteiger partial charge in [0, 0.05) is 17.4 Å². The zero-order valence-electron chi connectivity index (χ0n) is 9.02. The highest BCUT2D eigenvalue weighted by Gasteiger charge is 2.43. The van der Waals surface area contributed by atoms with Gasteiger partial charge in [-0.3, -0.25) is 9.59 Å². The number of carbonyl (C=O) groups is 2. The summed E-state index contributed by atoms with van der Waals surface area (Å²) in [4.78, 5) is 23.8. The molecule has 2 heteroatoms. The molecule has 0 unspecified atom stereocenters. The number of ketones is 2. The Bertz CT molecular complexity index is 343. The number of hydrogen-bond donors (Lipinski definition) is 0. The zero-order valence-corrected chi connectivity index (χ0v) is 9.02. The average molecular weight is 192 g/mol. The van der Waals surface area contributed by atoms with Crippen LogP contribution in [0, 0.1) is 11.3 Å². The minimum absolute atomic E-state index is 0.166. The van der Waals surface area contributed by atoms with Crippen molar-refractivity contribution in [3.63, 3.8) is 0 Å². The van der Waals surface area contributed by atoms with Crippen LogP contribution in [0.3, 0.4) is 0 Å². The highest BCUT2D eigenvalue weighted by molar-refractivity contribution is 6.14. The lowest BCUT2D eigenvalue weighted by Gasteiger charge is -2.29. The molecule has 2 aliphatic rings. The van der Waals surface area contributed by atoms with Crippen molar-refractivity contribution in [2.24, 2.45) is 11.3 Å². The summed E-state index contributed by atoms with van der Waals surface area (Å²) in [5.41, 5.74) is 1.10. The zero-order chi connectivity index (χ0) is 10.5. The van der Waals surface area contributed by atoms with Crippen molar-refractivity contribution in [3.05, 3.63) is 11.1 Å². The molecule has 0 aromatic carbocycles. The van der Waals surface area contributed by atoms with E-state index in [9.17, 15) is 9.59 Å². The van der Waals surface area contributed by atoms with Crippen molar-refractivity contribution in [1.82, 2.24) is 0 Å². The molecule has 0 aliphatic heterocycles. The van der Waals surface area contributed by atoms with Gasteiger partial charge in [0.1, 0.15) is 0 Å². The maximum atomic E-state index is 11.9. The van der Waals surface area contributed by atoms with E-state index in [2.05, 4.69) is 0 Å². The van der Waals surface area contributed by atoms with Gasteiger partial charge in [-0.25, -0.2) is 0 Å². The van der Waals surface area contributed by atoms with E-state index in [1.165, 1.54) is 0 Å². The van der Waals surface area contributed by atoms with E-state index in [0.29, 0.717) is 12.3 Å². The summed E-state index contributed by atoms with van der Waals surface area (Å²) in [6.07, 6.45) is 2.58. The third-order valence-electron chi connectivity index (χ3n) is 3.25. The number of carbonyl (C=O) groups excluding carboxylic acids is 2. The van der Waals surface area contributed by atoms with Crippen LogP contribution in [0.4, 0.5) is 0 Å². The molecule has 0 spiro atoms. The molecule has 1 fully saturated rings. The van der Waals surface area contributed by atoms with E-state index < -0.39 is 5.41 Å². The van der Waals surface area contributed by atoms with Gasteiger partial charge in [0.15, 0.2) is 11.6 Å². The van der Waals surface area contributed by atoms with Crippen LogP contribution >= 0.6 is 0 Å². The molecule has 0 saturated heterocycles. The summed E-state index contributed by atoms with van der Waals surface area (Å²) in [7, 11) is 0. The van der Waals surface area contributed by atoms with E-state index in [0.717, 1.165) is 24.0 Å². The highest BCUT2D eigenvalue weighted by Crippen LogP contribution is 2.44. The molecule has 0 atom stereocenters. The molecule has 2 aliphatic carbocycles. The van der Waals surface area contributed by atoms with E-state index in [1.807, 2.05) is 20.8 Å². The molecule has 2 nitrogen and oxygen atoms in total. The minimum Gasteiger partial charge on any atom is -0.294 e. The van der Waals surface area contributed by atoms with Crippen LogP contribution in [0.5, 0.6) is 0 Å². The number of hydrogen-bond acceptors (Lipinski definition) is 2. The Kier molecular flexibility index (Phi) is 1.91. The number of allylic oxidation sites excluding steroid dienone is 2. The first-order valence-electron chi connectivity index (χ1n) is 5.22. The molecule has 76 valence electrons. The fourth-order valence-corrected chi connectivity index (χ4v) is 2.32. The summed E-state index contributed by atoms with van der Waals surface area (Å²) in [5, 5.41) is 0. The lowest BCUT2D eigenvalue weighted by Crippen LogP contribution is -2.35. The van der Waals surface area contributed by atoms with Crippen molar-refractivity contribution in [2.75, 3.05) is 0 Å². The predicted octanol–water partition coefficient (Wildman–Crippen LogP) is 2.28. The Morgan fingerprint density at radius 1 is 1.21 bits per heavy atom. The summed E-state index contributed by atoms with van der Waals surface area (Å²) >= 11 is 0. The Labute approximate surface area is 84.4 Å². The first-order chi connectivity index (χ1) is 6.43. The monoisotopic (exact) mass is 192 g/mol. The van der Waals surface area contributed by atoms with Crippen LogP contribution in [0.1, 0.15) is 40.0 Å². The second-order valence-corrected chi connectivity index (χ2v) is 5.13. The average Bonchev–Trinajstić information content (AvgIpc) is 2.83. The fourth-order valence-electron chi connectivity index (χ4n) is 2.32. The van der Waals surface area contributed by atoms with Gasteiger partial charge in [0.2, 0.25) is 0 Å². The van der Waals surface area contributed by atoms with Crippen molar-refractivity contribution >= 4 is 11.6 Å². The van der Waals surface area contributed by atoms with Crippen LogP contribution in [0.25, 0.3) is 0 Å². The molecule has 2 rings (SSSR count). The SMILES string of the molecule is CC1=C(C2CC2)C(=O)CC(C)(C)C1=O. The Hall–Kier alpha value is -0.920. The van der Waals surface area contributed by atoms with E-state index in [-0.39, 0.29) is 11.6 Å². The summed E-state index contributed by atoms with van der Waals surface area (Å²) in [6, 6.07) is 0. The topological polar surface area (TPSA) is 34.1 Å². The third-order valence-corrected chi connectivity index (χ3v) is 3.25. The second kappa shape index (κ2) is 2.78. The smallest absolute Gasteiger partial charge is 0.165 e. The van der Waals surface area contributed by atoms with Gasteiger partial charge in [-0.05, 0) is 31.3 Å². The van der Waals surface area contributed by atoms with E-state index in [1.54, 1.807) is 0 Å². The van der Waals surface area contributed by atoms with Crippen LogP contribution in [0.2, 0.25) is 0 Å². The van der Waals surface area contributed by atoms with Crippen LogP contribution < -0.4 is 0 Å². The molecular formula is C12H16O2. The lowest BCUT2D eigenvalue weighted by atomic mass is 9.72. The minimum atomic E-state index is -0.473. The Balaban J connectivity index is 2.44. The van der Waals surface area contributed by atoms with Crippen molar-refractivity contribution in [1.29, 1.82) is 0 Å². The number of Topliss-reactive ketones (excluding diaryl/α,β-unsaturated/α-hetero) is 2. The van der Waals surface area contributed by atoms with Crippen LogP contribution in [0.15, 0.2) is 11.1 Å². The number of rotatable bonds is 1.